The third kappa shape index (κ3) is 50.2. The molecule has 1 amide bonds. The zero-order chi connectivity index (χ0) is 47.8. The van der Waals surface area contributed by atoms with E-state index in [0.717, 1.165) is 64.2 Å². The number of phosphoric acid groups is 1. The van der Waals surface area contributed by atoms with Crippen LogP contribution in [0, 0.1) is 0 Å². The van der Waals surface area contributed by atoms with Crippen LogP contribution in [0.1, 0.15) is 251 Å². The number of hydrogen-bond acceptors (Lipinski definition) is 5. The zero-order valence-corrected chi connectivity index (χ0v) is 44.4. The number of rotatable bonds is 50. The Hall–Kier alpha value is -1.54. The van der Waals surface area contributed by atoms with Crippen LogP contribution in [0.4, 0.5) is 0 Å². The van der Waals surface area contributed by atoms with Gasteiger partial charge >= 0.3 is 7.82 Å². The van der Waals surface area contributed by atoms with Gasteiger partial charge in [-0.1, -0.05) is 242 Å². The predicted octanol–water partition coefficient (Wildman–Crippen LogP) is 16.4. The second kappa shape index (κ2) is 47.5. The summed E-state index contributed by atoms with van der Waals surface area (Å²) in [5, 5.41) is 13.9. The topological polar surface area (TPSA) is 105 Å². The fraction of sp³-hybridized carbons (Fsp3) is 0.839. The number of unbranched alkanes of at least 4 members (excludes halogenated alkanes) is 29. The highest BCUT2D eigenvalue weighted by Gasteiger charge is 2.28. The molecule has 8 nitrogen and oxygen atoms in total. The molecule has 0 fully saturated rings. The summed E-state index contributed by atoms with van der Waals surface area (Å²) in [6.45, 7) is 4.75. The first-order valence-corrected chi connectivity index (χ1v) is 29.0. The zero-order valence-electron chi connectivity index (χ0n) is 43.5. The lowest BCUT2D eigenvalue weighted by molar-refractivity contribution is -0.870. The average molecular weight is 936 g/mol. The molecule has 0 aliphatic rings. The lowest BCUT2D eigenvalue weighted by Gasteiger charge is -2.26. The minimum absolute atomic E-state index is 0.0754. The van der Waals surface area contributed by atoms with Gasteiger partial charge in [0.15, 0.2) is 0 Å². The largest absolute Gasteiger partial charge is 0.472 e. The first-order valence-electron chi connectivity index (χ1n) is 27.5. The summed E-state index contributed by atoms with van der Waals surface area (Å²) in [5.41, 5.74) is 0. The van der Waals surface area contributed by atoms with Gasteiger partial charge in [-0.15, -0.1) is 0 Å². The van der Waals surface area contributed by atoms with Gasteiger partial charge in [-0.25, -0.2) is 4.57 Å². The number of aliphatic hydroxyl groups is 1. The van der Waals surface area contributed by atoms with Gasteiger partial charge in [-0.05, 0) is 51.4 Å². The summed E-state index contributed by atoms with van der Waals surface area (Å²) in [6.07, 6.45) is 62.0. The van der Waals surface area contributed by atoms with E-state index in [-0.39, 0.29) is 19.1 Å². The lowest BCUT2D eigenvalue weighted by Crippen LogP contribution is -2.46. The SMILES string of the molecule is CC/C=C\C/C=C\C/C=C\C/C=C\CCCCCCCCCCCCCCCCCCCCCCCCC(=O)NC(COP(=O)(O)OCC[N+](C)(C)C)C(O)CCCCCCCCCC. The van der Waals surface area contributed by atoms with Gasteiger partial charge in [0.2, 0.25) is 5.91 Å². The molecule has 0 aliphatic carbocycles. The molecule has 65 heavy (non-hydrogen) atoms. The Balaban J connectivity index is 3.84. The van der Waals surface area contributed by atoms with Gasteiger partial charge in [0.25, 0.3) is 0 Å². The van der Waals surface area contributed by atoms with Gasteiger partial charge in [0, 0.05) is 6.42 Å². The molecule has 0 aromatic carbocycles. The van der Waals surface area contributed by atoms with E-state index in [0.29, 0.717) is 23.9 Å². The molecular weight excluding hydrogens is 828 g/mol. The van der Waals surface area contributed by atoms with Crippen LogP contribution in [0.5, 0.6) is 0 Å². The van der Waals surface area contributed by atoms with Crippen LogP contribution < -0.4 is 5.32 Å². The fourth-order valence-corrected chi connectivity index (χ4v) is 8.77. The van der Waals surface area contributed by atoms with E-state index in [4.69, 9.17) is 9.05 Å². The van der Waals surface area contributed by atoms with E-state index in [1.807, 2.05) is 21.1 Å². The molecule has 9 heteroatoms. The molecule has 0 aromatic rings. The average Bonchev–Trinajstić information content (AvgIpc) is 3.26. The third-order valence-corrected chi connectivity index (χ3v) is 13.3. The molecule has 3 N–H and O–H groups in total. The number of nitrogens with one attached hydrogen (secondary N) is 1. The van der Waals surface area contributed by atoms with E-state index in [2.05, 4.69) is 67.8 Å². The molecule has 0 heterocycles. The number of quaternary nitrogens is 1. The number of allylic oxidation sites excluding steroid dienone is 8. The summed E-state index contributed by atoms with van der Waals surface area (Å²) in [5.74, 6) is -0.145. The standard InChI is InChI=1S/C56H107N2O6P/c1-6-8-10-12-14-16-17-18-19-20-21-22-23-24-25-26-27-28-29-30-31-32-33-34-35-36-37-38-39-40-41-42-44-46-48-50-56(60)57-54(53-64-65(61,62)63-52-51-58(3,4)5)55(59)49-47-45-43-15-13-11-9-7-2/h8,10,14,16,18-19,21-22,54-55,59H,6-7,9,11-13,15,17,20,23-53H2,1-5H3,(H-,57,60,61,62)/p+1/b10-8-,16-14-,19-18-,22-21-. The highest BCUT2D eigenvalue weighted by molar-refractivity contribution is 7.47. The molecule has 0 aromatic heterocycles. The molecule has 0 aliphatic heterocycles. The quantitative estimate of drug-likeness (QED) is 0.0243. The summed E-state index contributed by atoms with van der Waals surface area (Å²) in [4.78, 5) is 23.2. The first kappa shape index (κ1) is 63.5. The lowest BCUT2D eigenvalue weighted by atomic mass is 10.0. The Morgan fingerprint density at radius 3 is 1.35 bits per heavy atom. The molecule has 0 bridgehead atoms. The number of phosphoric ester groups is 1. The van der Waals surface area contributed by atoms with Crippen molar-refractivity contribution in [2.75, 3.05) is 40.9 Å². The number of aliphatic hydroxyl groups excluding tert-OH is 1. The normalized spacial score (nSPS) is 14.4. The molecule has 3 unspecified atom stereocenters. The first-order chi connectivity index (χ1) is 31.5. The molecule has 0 rings (SSSR count). The van der Waals surface area contributed by atoms with Crippen molar-refractivity contribution in [1.82, 2.24) is 5.32 Å². The van der Waals surface area contributed by atoms with Crippen LogP contribution in [0.3, 0.4) is 0 Å². The Morgan fingerprint density at radius 2 is 0.923 bits per heavy atom. The summed E-state index contributed by atoms with van der Waals surface area (Å²) >= 11 is 0. The molecule has 3 atom stereocenters. The summed E-state index contributed by atoms with van der Waals surface area (Å²) in [7, 11) is 1.62. The van der Waals surface area contributed by atoms with Crippen molar-refractivity contribution >= 4 is 13.7 Å². The number of carbonyl (C=O) groups is 1. The van der Waals surface area contributed by atoms with Gasteiger partial charge in [0.05, 0.1) is 39.9 Å². The molecular formula is C56H108N2O6P+. The molecule has 0 saturated carbocycles. The van der Waals surface area contributed by atoms with Crippen molar-refractivity contribution in [3.05, 3.63) is 48.6 Å². The maximum absolute atomic E-state index is 12.9. The Morgan fingerprint density at radius 1 is 0.538 bits per heavy atom. The second-order valence-corrected chi connectivity index (χ2v) is 21.4. The van der Waals surface area contributed by atoms with Crippen molar-refractivity contribution in [1.29, 1.82) is 0 Å². The van der Waals surface area contributed by atoms with Gasteiger partial charge in [0.1, 0.15) is 13.2 Å². The van der Waals surface area contributed by atoms with Crippen LogP contribution in [0.15, 0.2) is 48.6 Å². The van der Waals surface area contributed by atoms with Gasteiger partial charge in [-0.3, -0.25) is 13.8 Å². The smallest absolute Gasteiger partial charge is 0.391 e. The molecule has 0 spiro atoms. The third-order valence-electron chi connectivity index (χ3n) is 12.3. The highest BCUT2D eigenvalue weighted by Crippen LogP contribution is 2.43. The number of hydrogen-bond donors (Lipinski definition) is 3. The van der Waals surface area contributed by atoms with Gasteiger partial charge < -0.3 is 19.8 Å². The number of amides is 1. The number of likely N-dealkylation sites (N-methyl/N-ethyl adjacent to an activating group) is 1. The maximum atomic E-state index is 12.9. The highest BCUT2D eigenvalue weighted by atomic mass is 31.2. The fourth-order valence-electron chi connectivity index (χ4n) is 8.04. The minimum Gasteiger partial charge on any atom is -0.391 e. The maximum Gasteiger partial charge on any atom is 0.472 e. The summed E-state index contributed by atoms with van der Waals surface area (Å²) in [6, 6.07) is -0.756. The van der Waals surface area contributed by atoms with Crippen LogP contribution in [-0.2, 0) is 18.4 Å². The van der Waals surface area contributed by atoms with Crippen LogP contribution in [-0.4, -0.2) is 73.4 Å². The molecule has 0 saturated heterocycles. The number of carbonyl (C=O) groups excluding carboxylic acids is 1. The van der Waals surface area contributed by atoms with Gasteiger partial charge in [-0.2, -0.15) is 0 Å². The van der Waals surface area contributed by atoms with Crippen LogP contribution >= 0.6 is 7.82 Å². The van der Waals surface area contributed by atoms with Crippen molar-refractivity contribution < 1.29 is 32.9 Å². The van der Waals surface area contributed by atoms with Crippen molar-refractivity contribution in [3.63, 3.8) is 0 Å². The molecule has 382 valence electrons. The van der Waals surface area contributed by atoms with Crippen LogP contribution in [0.2, 0.25) is 0 Å². The number of nitrogens with zero attached hydrogens (tertiary/aromatic N) is 1. The summed E-state index contributed by atoms with van der Waals surface area (Å²) < 4.78 is 23.6. The van der Waals surface area contributed by atoms with Crippen molar-refractivity contribution in [2.24, 2.45) is 0 Å². The van der Waals surface area contributed by atoms with Crippen LogP contribution in [0.25, 0.3) is 0 Å². The van der Waals surface area contributed by atoms with E-state index in [1.165, 1.54) is 161 Å². The van der Waals surface area contributed by atoms with E-state index < -0.39 is 20.0 Å². The second-order valence-electron chi connectivity index (χ2n) is 19.9. The van der Waals surface area contributed by atoms with Crippen molar-refractivity contribution in [3.8, 4) is 0 Å². The van der Waals surface area contributed by atoms with E-state index >= 15 is 0 Å². The Labute approximate surface area is 403 Å². The Kier molecular flexibility index (Phi) is 46.4. The van der Waals surface area contributed by atoms with E-state index in [1.54, 1.807) is 0 Å². The van der Waals surface area contributed by atoms with E-state index in [9.17, 15) is 19.4 Å². The monoisotopic (exact) mass is 936 g/mol. The Bertz CT molecular complexity index is 1200. The predicted molar refractivity (Wildman–Crippen MR) is 281 cm³/mol. The van der Waals surface area contributed by atoms with Crippen molar-refractivity contribution in [2.45, 2.75) is 264 Å². The molecule has 0 radical (unpaired) electrons. The minimum atomic E-state index is -4.31.